The van der Waals surface area contributed by atoms with Gasteiger partial charge < -0.3 is 15.4 Å². The van der Waals surface area contributed by atoms with Crippen LogP contribution in [0.1, 0.15) is 37.9 Å². The minimum Gasteiger partial charge on any atom is -0.492 e. The van der Waals surface area contributed by atoms with Crippen molar-refractivity contribution in [3.05, 3.63) is 41.6 Å². The van der Waals surface area contributed by atoms with Crippen molar-refractivity contribution in [1.29, 1.82) is 5.26 Å². The molecule has 0 radical (unpaired) electrons. The maximum absolute atomic E-state index is 9.59. The van der Waals surface area contributed by atoms with Crippen molar-refractivity contribution in [1.82, 2.24) is 14.8 Å². The first-order chi connectivity index (χ1) is 14.5. The molecule has 158 valence electrons. The van der Waals surface area contributed by atoms with Crippen molar-refractivity contribution in [3.8, 4) is 22.9 Å². The summed E-state index contributed by atoms with van der Waals surface area (Å²) in [6, 6.07) is 12.2. The zero-order chi connectivity index (χ0) is 21.1. The van der Waals surface area contributed by atoms with Crippen LogP contribution in [0.4, 0.5) is 5.82 Å². The molecule has 1 saturated heterocycles. The number of nitrogen functional groups attached to an aromatic ring is 1. The van der Waals surface area contributed by atoms with Gasteiger partial charge in [0.05, 0.1) is 0 Å². The lowest BCUT2D eigenvalue weighted by molar-refractivity contribution is 0.121. The summed E-state index contributed by atoms with van der Waals surface area (Å²) in [6.07, 6.45) is 2.23. The van der Waals surface area contributed by atoms with E-state index in [1.54, 1.807) is 0 Å². The van der Waals surface area contributed by atoms with Gasteiger partial charge in [0.2, 0.25) is 0 Å². The van der Waals surface area contributed by atoms with Gasteiger partial charge >= 0.3 is 0 Å². The van der Waals surface area contributed by atoms with Gasteiger partial charge in [-0.2, -0.15) is 5.26 Å². The fourth-order valence-electron chi connectivity index (χ4n) is 4.02. The first kappa shape index (κ1) is 20.6. The highest BCUT2D eigenvalue weighted by Crippen LogP contribution is 2.48. The maximum Gasteiger partial charge on any atom is 0.142 e. The predicted octanol–water partition coefficient (Wildman–Crippen LogP) is 3.27. The average Bonchev–Trinajstić information content (AvgIpc) is 3.53. The summed E-state index contributed by atoms with van der Waals surface area (Å²) >= 11 is 0. The van der Waals surface area contributed by atoms with E-state index >= 15 is 0 Å². The number of likely N-dealkylation sites (N-methyl/N-ethyl adjacent to an activating group) is 1. The fraction of sp³-hybridized carbons (Fsp3) is 0.500. The summed E-state index contributed by atoms with van der Waals surface area (Å²) in [5.41, 5.74) is 9.47. The average molecular weight is 406 g/mol. The molecule has 0 bridgehead atoms. The van der Waals surface area contributed by atoms with Gasteiger partial charge in [0.25, 0.3) is 0 Å². The largest absolute Gasteiger partial charge is 0.492 e. The number of nitrogens with two attached hydrogens (primary N) is 1. The summed E-state index contributed by atoms with van der Waals surface area (Å²) < 4.78 is 5.96. The highest BCUT2D eigenvalue weighted by Gasteiger charge is 2.41. The molecule has 30 heavy (non-hydrogen) atoms. The van der Waals surface area contributed by atoms with E-state index in [2.05, 4.69) is 34.7 Å². The second-order valence-electron chi connectivity index (χ2n) is 8.64. The van der Waals surface area contributed by atoms with Crippen molar-refractivity contribution in [2.24, 2.45) is 0 Å². The SMILES string of the molecule is CCN1CCN(CCOc2ccc(-c3cc(C4(C)CC4)nc(N)c3C#N)cc2)CC1. The Morgan fingerprint density at radius 2 is 1.80 bits per heavy atom. The monoisotopic (exact) mass is 405 g/mol. The highest BCUT2D eigenvalue weighted by atomic mass is 16.5. The van der Waals surface area contributed by atoms with Crippen molar-refractivity contribution in [2.75, 3.05) is 51.6 Å². The Morgan fingerprint density at radius 3 is 2.40 bits per heavy atom. The second-order valence-corrected chi connectivity index (χ2v) is 8.64. The molecule has 2 aromatic rings. The van der Waals surface area contributed by atoms with Crippen LogP contribution in [-0.4, -0.2) is 60.7 Å². The van der Waals surface area contributed by atoms with E-state index in [-0.39, 0.29) is 5.41 Å². The number of pyridine rings is 1. The first-order valence-electron chi connectivity index (χ1n) is 10.9. The van der Waals surface area contributed by atoms with E-state index in [1.807, 2.05) is 30.3 Å². The van der Waals surface area contributed by atoms with Crippen LogP contribution in [0.3, 0.4) is 0 Å². The summed E-state index contributed by atoms with van der Waals surface area (Å²) in [5.74, 6) is 1.17. The molecular weight excluding hydrogens is 374 g/mol. The van der Waals surface area contributed by atoms with Gasteiger partial charge in [-0.15, -0.1) is 0 Å². The van der Waals surface area contributed by atoms with Gasteiger partial charge in [-0.1, -0.05) is 26.0 Å². The van der Waals surface area contributed by atoms with E-state index < -0.39 is 0 Å². The number of nitrogens with zero attached hydrogens (tertiary/aromatic N) is 4. The third kappa shape index (κ3) is 4.43. The Kier molecular flexibility index (Phi) is 5.94. The first-order valence-corrected chi connectivity index (χ1v) is 10.9. The molecule has 0 unspecified atom stereocenters. The number of benzene rings is 1. The molecule has 2 heterocycles. The van der Waals surface area contributed by atoms with Crippen molar-refractivity contribution < 1.29 is 4.74 Å². The number of nitriles is 1. The summed E-state index contributed by atoms with van der Waals surface area (Å²) in [4.78, 5) is 9.44. The van der Waals surface area contributed by atoms with Gasteiger partial charge in [-0.05, 0) is 43.1 Å². The molecular formula is C24H31N5O. The van der Waals surface area contributed by atoms with E-state index in [1.165, 1.54) is 0 Å². The number of ether oxygens (including phenoxy) is 1. The molecule has 6 heteroatoms. The lowest BCUT2D eigenvalue weighted by Crippen LogP contribution is -2.47. The molecule has 1 saturated carbocycles. The van der Waals surface area contributed by atoms with Crippen LogP contribution in [0.15, 0.2) is 30.3 Å². The molecule has 4 rings (SSSR count). The van der Waals surface area contributed by atoms with E-state index in [4.69, 9.17) is 10.5 Å². The van der Waals surface area contributed by atoms with Crippen LogP contribution in [-0.2, 0) is 5.41 Å². The molecule has 0 spiro atoms. The van der Waals surface area contributed by atoms with Crippen LogP contribution in [0.25, 0.3) is 11.1 Å². The Morgan fingerprint density at radius 1 is 1.13 bits per heavy atom. The van der Waals surface area contributed by atoms with Crippen LogP contribution >= 0.6 is 0 Å². The van der Waals surface area contributed by atoms with E-state index in [0.717, 1.165) is 74.7 Å². The van der Waals surface area contributed by atoms with Gasteiger partial charge in [-0.3, -0.25) is 4.90 Å². The minimum absolute atomic E-state index is 0.0997. The van der Waals surface area contributed by atoms with Gasteiger partial charge in [0.15, 0.2) is 0 Å². The van der Waals surface area contributed by atoms with Crippen molar-refractivity contribution >= 4 is 5.82 Å². The number of anilines is 1. The van der Waals surface area contributed by atoms with E-state index in [0.29, 0.717) is 18.0 Å². The Labute approximate surface area is 179 Å². The number of hydrogen-bond donors (Lipinski definition) is 1. The van der Waals surface area contributed by atoms with Gasteiger partial charge in [0, 0.05) is 49.4 Å². The summed E-state index contributed by atoms with van der Waals surface area (Å²) in [6.45, 7) is 11.7. The van der Waals surface area contributed by atoms with Crippen LogP contribution < -0.4 is 10.5 Å². The maximum atomic E-state index is 9.59. The highest BCUT2D eigenvalue weighted by molar-refractivity contribution is 5.76. The van der Waals surface area contributed by atoms with Crippen molar-refractivity contribution in [3.63, 3.8) is 0 Å². The standard InChI is InChI=1S/C24H31N5O/c1-3-28-10-12-29(13-11-28)14-15-30-19-6-4-18(5-7-19)20-16-22(24(2)8-9-24)27-23(26)21(20)17-25/h4-7,16H,3,8-15H2,1-2H3,(H2,26,27). The number of aromatic nitrogens is 1. The Hall–Kier alpha value is -2.62. The Balaban J connectivity index is 1.40. The molecule has 1 aliphatic heterocycles. The van der Waals surface area contributed by atoms with E-state index in [9.17, 15) is 5.26 Å². The molecule has 1 aliphatic carbocycles. The molecule has 1 aromatic carbocycles. The lowest BCUT2D eigenvalue weighted by atomic mass is 9.96. The fourth-order valence-corrected chi connectivity index (χ4v) is 4.02. The molecule has 0 amide bonds. The number of hydrogen-bond acceptors (Lipinski definition) is 6. The molecule has 6 nitrogen and oxygen atoms in total. The minimum atomic E-state index is 0.0997. The van der Waals surface area contributed by atoms with Crippen LogP contribution in [0.2, 0.25) is 0 Å². The third-order valence-electron chi connectivity index (χ3n) is 6.53. The smallest absolute Gasteiger partial charge is 0.142 e. The zero-order valence-corrected chi connectivity index (χ0v) is 18.0. The zero-order valence-electron chi connectivity index (χ0n) is 18.0. The quantitative estimate of drug-likeness (QED) is 0.762. The molecule has 2 fully saturated rings. The number of rotatable bonds is 7. The number of piperazine rings is 1. The van der Waals surface area contributed by atoms with Crippen molar-refractivity contribution in [2.45, 2.75) is 32.1 Å². The topological polar surface area (TPSA) is 78.4 Å². The second kappa shape index (κ2) is 8.63. The predicted molar refractivity (Wildman–Crippen MR) is 119 cm³/mol. The van der Waals surface area contributed by atoms with Gasteiger partial charge in [-0.25, -0.2) is 4.98 Å². The molecule has 2 N–H and O–H groups in total. The summed E-state index contributed by atoms with van der Waals surface area (Å²) in [7, 11) is 0. The molecule has 2 aliphatic rings. The molecule has 1 aromatic heterocycles. The van der Waals surface area contributed by atoms with Gasteiger partial charge in [0.1, 0.15) is 29.8 Å². The van der Waals surface area contributed by atoms with Crippen LogP contribution in [0.5, 0.6) is 5.75 Å². The lowest BCUT2D eigenvalue weighted by Gasteiger charge is -2.33. The normalized spacial score (nSPS) is 18.7. The summed E-state index contributed by atoms with van der Waals surface area (Å²) in [5, 5.41) is 9.59. The molecule has 0 atom stereocenters. The third-order valence-corrected chi connectivity index (χ3v) is 6.53. The Bertz CT molecular complexity index is 922. The van der Waals surface area contributed by atoms with Crippen LogP contribution in [0, 0.1) is 11.3 Å².